The van der Waals surface area contributed by atoms with Gasteiger partial charge in [-0.2, -0.15) is 5.10 Å². The number of hydrogen-bond acceptors (Lipinski definition) is 3. The number of thiophene rings is 1. The van der Waals surface area contributed by atoms with E-state index in [9.17, 15) is 4.79 Å². The van der Waals surface area contributed by atoms with Gasteiger partial charge in [0.2, 0.25) is 0 Å². The highest BCUT2D eigenvalue weighted by atomic mass is 35.5. The van der Waals surface area contributed by atoms with Crippen molar-refractivity contribution >= 4 is 40.3 Å². The second kappa shape index (κ2) is 4.57. The molecule has 0 atom stereocenters. The number of carbonyl (C=O) groups excluding carboxylic acids is 1. The zero-order chi connectivity index (χ0) is 11.7. The van der Waals surface area contributed by atoms with Crippen LogP contribution >= 0.6 is 34.5 Å². The van der Waals surface area contributed by atoms with Crippen LogP contribution in [0.25, 0.3) is 0 Å². The molecule has 16 heavy (non-hydrogen) atoms. The number of rotatable bonds is 3. The van der Waals surface area contributed by atoms with Crippen LogP contribution in [-0.2, 0) is 6.54 Å². The van der Waals surface area contributed by atoms with Crippen molar-refractivity contribution in [1.29, 1.82) is 0 Å². The highest BCUT2D eigenvalue weighted by Gasteiger charge is 2.11. The Hall–Kier alpha value is -0.840. The molecule has 0 radical (unpaired) electrons. The van der Waals surface area contributed by atoms with E-state index in [-0.39, 0.29) is 12.3 Å². The molecule has 2 aromatic rings. The fraction of sp³-hybridized carbons (Fsp3) is 0.200. The average Bonchev–Trinajstić information content (AvgIpc) is 2.75. The number of carbonyl (C=O) groups is 1. The summed E-state index contributed by atoms with van der Waals surface area (Å²) in [4.78, 5) is 12.4. The summed E-state index contributed by atoms with van der Waals surface area (Å²) in [5.74, 6) is -0.0175. The van der Waals surface area contributed by atoms with E-state index in [2.05, 4.69) is 5.10 Å². The van der Waals surface area contributed by atoms with Crippen molar-refractivity contribution < 1.29 is 4.79 Å². The van der Waals surface area contributed by atoms with Gasteiger partial charge in [0.25, 0.3) is 0 Å². The number of aryl methyl sites for hydroxylation is 1. The first kappa shape index (κ1) is 11.6. The Labute approximate surface area is 107 Å². The first-order valence-electron chi connectivity index (χ1n) is 4.54. The summed E-state index contributed by atoms with van der Waals surface area (Å²) in [6.45, 7) is 1.98. The number of hydrogen-bond donors (Lipinski definition) is 0. The molecular weight excluding hydrogens is 267 g/mol. The number of aromatic nitrogens is 2. The van der Waals surface area contributed by atoms with E-state index in [0.29, 0.717) is 14.2 Å². The molecule has 2 heterocycles. The number of Topliss-reactive ketones (excluding diaryl/α,β-unsaturated/α-hetero) is 1. The fourth-order valence-electron chi connectivity index (χ4n) is 1.26. The summed E-state index contributed by atoms with van der Waals surface area (Å²) < 4.78 is 2.14. The summed E-state index contributed by atoms with van der Waals surface area (Å²) in [5.41, 5.74) is 0.721. The standard InChI is InChI=1S/C10H8Cl2N2OS/c1-6-7(11)4-14(13-6)5-8(15)9-2-3-10(12)16-9/h2-4H,5H2,1H3. The molecule has 0 amide bonds. The Kier molecular flexibility index (Phi) is 3.33. The van der Waals surface area contributed by atoms with Gasteiger partial charge in [-0.1, -0.05) is 23.2 Å². The minimum atomic E-state index is -0.0175. The van der Waals surface area contributed by atoms with Crippen LogP contribution in [0.15, 0.2) is 18.3 Å². The second-order valence-corrected chi connectivity index (χ2v) is 5.41. The Morgan fingerprint density at radius 3 is 2.75 bits per heavy atom. The largest absolute Gasteiger partial charge is 0.291 e. The van der Waals surface area contributed by atoms with Crippen LogP contribution in [-0.4, -0.2) is 15.6 Å². The average molecular weight is 275 g/mol. The third kappa shape index (κ3) is 2.45. The van der Waals surface area contributed by atoms with Gasteiger partial charge in [0.15, 0.2) is 5.78 Å². The highest BCUT2D eigenvalue weighted by molar-refractivity contribution is 7.18. The highest BCUT2D eigenvalue weighted by Crippen LogP contribution is 2.22. The van der Waals surface area contributed by atoms with Gasteiger partial charge in [-0.05, 0) is 19.1 Å². The summed E-state index contributed by atoms with van der Waals surface area (Å²) in [7, 11) is 0. The van der Waals surface area contributed by atoms with Crippen LogP contribution < -0.4 is 0 Å². The van der Waals surface area contributed by atoms with Gasteiger partial charge >= 0.3 is 0 Å². The molecule has 0 aliphatic rings. The van der Waals surface area contributed by atoms with Crippen molar-refractivity contribution in [3.05, 3.63) is 38.3 Å². The smallest absolute Gasteiger partial charge is 0.194 e. The zero-order valence-electron chi connectivity index (χ0n) is 8.41. The van der Waals surface area contributed by atoms with Gasteiger partial charge in [0, 0.05) is 6.20 Å². The molecule has 0 aromatic carbocycles. The van der Waals surface area contributed by atoms with Crippen molar-refractivity contribution in [1.82, 2.24) is 9.78 Å². The number of halogens is 2. The van der Waals surface area contributed by atoms with Crippen LogP contribution in [0.5, 0.6) is 0 Å². The Balaban J connectivity index is 2.13. The molecule has 0 aliphatic heterocycles. The molecule has 2 aromatic heterocycles. The third-order valence-corrected chi connectivity index (χ3v) is 3.68. The zero-order valence-corrected chi connectivity index (χ0v) is 10.7. The molecular formula is C10H8Cl2N2OS. The second-order valence-electron chi connectivity index (χ2n) is 3.29. The minimum Gasteiger partial charge on any atom is -0.291 e. The fourth-order valence-corrected chi connectivity index (χ4v) is 2.39. The van der Waals surface area contributed by atoms with E-state index in [1.165, 1.54) is 16.0 Å². The first-order valence-corrected chi connectivity index (χ1v) is 6.11. The SMILES string of the molecule is Cc1nn(CC(=O)c2ccc(Cl)s2)cc1Cl. The van der Waals surface area contributed by atoms with Crippen molar-refractivity contribution in [2.24, 2.45) is 0 Å². The monoisotopic (exact) mass is 274 g/mol. The van der Waals surface area contributed by atoms with Gasteiger partial charge in [0.05, 0.1) is 19.9 Å². The van der Waals surface area contributed by atoms with E-state index >= 15 is 0 Å². The molecule has 2 rings (SSSR count). The van der Waals surface area contributed by atoms with Crippen LogP contribution in [0.3, 0.4) is 0 Å². The van der Waals surface area contributed by atoms with Gasteiger partial charge in [-0.15, -0.1) is 11.3 Å². The summed E-state index contributed by atoms with van der Waals surface area (Å²) in [6, 6.07) is 3.42. The molecule has 0 spiro atoms. The Bertz CT molecular complexity index is 513. The van der Waals surface area contributed by atoms with Crippen LogP contribution in [0.1, 0.15) is 15.4 Å². The quantitative estimate of drug-likeness (QED) is 0.804. The van der Waals surface area contributed by atoms with Gasteiger partial charge in [0.1, 0.15) is 6.54 Å². The summed E-state index contributed by atoms with van der Waals surface area (Å²) >= 11 is 12.9. The van der Waals surface area contributed by atoms with Crippen molar-refractivity contribution in [3.8, 4) is 0 Å². The number of nitrogens with zero attached hydrogens (tertiary/aromatic N) is 2. The van der Waals surface area contributed by atoms with E-state index in [4.69, 9.17) is 23.2 Å². The van der Waals surface area contributed by atoms with Gasteiger partial charge in [-0.3, -0.25) is 9.48 Å². The lowest BCUT2D eigenvalue weighted by Crippen LogP contribution is -2.09. The van der Waals surface area contributed by atoms with Gasteiger partial charge in [-0.25, -0.2) is 0 Å². The van der Waals surface area contributed by atoms with Crippen molar-refractivity contribution in [2.45, 2.75) is 13.5 Å². The summed E-state index contributed by atoms with van der Waals surface area (Å²) in [5, 5.41) is 4.68. The molecule has 0 fully saturated rings. The van der Waals surface area contributed by atoms with Crippen LogP contribution in [0, 0.1) is 6.92 Å². The van der Waals surface area contributed by atoms with E-state index in [1.807, 2.05) is 0 Å². The van der Waals surface area contributed by atoms with Crippen LogP contribution in [0.2, 0.25) is 9.36 Å². The molecule has 0 saturated carbocycles. The molecule has 0 bridgehead atoms. The lowest BCUT2D eigenvalue weighted by Gasteiger charge is -1.97. The molecule has 0 unspecified atom stereocenters. The molecule has 84 valence electrons. The Morgan fingerprint density at radius 1 is 1.50 bits per heavy atom. The maximum absolute atomic E-state index is 11.8. The van der Waals surface area contributed by atoms with Gasteiger partial charge < -0.3 is 0 Å². The topological polar surface area (TPSA) is 34.9 Å². The van der Waals surface area contributed by atoms with E-state index < -0.39 is 0 Å². The molecule has 0 saturated heterocycles. The molecule has 6 heteroatoms. The maximum atomic E-state index is 11.8. The lowest BCUT2D eigenvalue weighted by atomic mass is 10.3. The van der Waals surface area contributed by atoms with Crippen LogP contribution in [0.4, 0.5) is 0 Å². The third-order valence-electron chi connectivity index (χ3n) is 2.04. The number of ketones is 1. The maximum Gasteiger partial charge on any atom is 0.194 e. The van der Waals surface area contributed by atoms with E-state index in [0.717, 1.165) is 5.69 Å². The molecule has 0 aliphatic carbocycles. The predicted molar refractivity (Wildman–Crippen MR) is 65.6 cm³/mol. The molecule has 0 N–H and O–H groups in total. The Morgan fingerprint density at radius 2 is 2.25 bits per heavy atom. The predicted octanol–water partition coefficient (Wildman–Crippen LogP) is 3.44. The summed E-state index contributed by atoms with van der Waals surface area (Å²) in [6.07, 6.45) is 1.64. The minimum absolute atomic E-state index is 0.0175. The lowest BCUT2D eigenvalue weighted by molar-refractivity contribution is 0.0971. The van der Waals surface area contributed by atoms with E-state index in [1.54, 1.807) is 25.3 Å². The first-order chi connectivity index (χ1) is 7.56. The molecule has 3 nitrogen and oxygen atoms in total. The van der Waals surface area contributed by atoms with Crippen molar-refractivity contribution in [2.75, 3.05) is 0 Å². The van der Waals surface area contributed by atoms with Crippen molar-refractivity contribution in [3.63, 3.8) is 0 Å². The normalized spacial score (nSPS) is 10.7.